The molecule has 0 amide bonds. The molecule has 2 rings (SSSR count). The first-order valence-electron chi connectivity index (χ1n) is 5.37. The lowest BCUT2D eigenvalue weighted by atomic mass is 10.0. The summed E-state index contributed by atoms with van der Waals surface area (Å²) < 4.78 is 0. The molecule has 0 saturated carbocycles. The molecule has 1 aliphatic rings. The van der Waals surface area contributed by atoms with Crippen LogP contribution in [0.2, 0.25) is 0 Å². The lowest BCUT2D eigenvalue weighted by molar-refractivity contribution is 0.549. The second-order valence-corrected chi connectivity index (χ2v) is 3.96. The lowest BCUT2D eigenvalue weighted by Gasteiger charge is -2.15. The topological polar surface area (TPSA) is 24.1 Å². The van der Waals surface area contributed by atoms with E-state index < -0.39 is 0 Å². The number of benzene rings is 1. The third-order valence-corrected chi connectivity index (χ3v) is 2.78. The van der Waals surface area contributed by atoms with Crippen molar-refractivity contribution in [2.45, 2.75) is 19.4 Å². The van der Waals surface area contributed by atoms with Gasteiger partial charge in [-0.05, 0) is 25.5 Å². The molecule has 1 fully saturated rings. The molecule has 1 atom stereocenters. The SMILES string of the molecule is Cc1ccc(C2CCNCCN2)cc1. The van der Waals surface area contributed by atoms with Crippen molar-refractivity contribution in [3.8, 4) is 0 Å². The fourth-order valence-electron chi connectivity index (χ4n) is 1.89. The summed E-state index contributed by atoms with van der Waals surface area (Å²) in [4.78, 5) is 0. The van der Waals surface area contributed by atoms with Gasteiger partial charge in [0, 0.05) is 19.1 Å². The summed E-state index contributed by atoms with van der Waals surface area (Å²) in [6.07, 6.45) is 1.18. The Labute approximate surface area is 85.7 Å². The fraction of sp³-hybridized carbons (Fsp3) is 0.500. The first-order chi connectivity index (χ1) is 6.86. The van der Waals surface area contributed by atoms with Crippen LogP contribution in [0, 0.1) is 6.92 Å². The van der Waals surface area contributed by atoms with Crippen LogP contribution in [0.1, 0.15) is 23.6 Å². The summed E-state index contributed by atoms with van der Waals surface area (Å²) in [5, 5.41) is 6.95. The van der Waals surface area contributed by atoms with Crippen molar-refractivity contribution >= 4 is 0 Å². The van der Waals surface area contributed by atoms with Crippen LogP contribution in [-0.4, -0.2) is 19.6 Å². The predicted molar refractivity (Wildman–Crippen MR) is 59.4 cm³/mol. The van der Waals surface area contributed by atoms with Gasteiger partial charge in [-0.3, -0.25) is 0 Å². The largest absolute Gasteiger partial charge is 0.315 e. The van der Waals surface area contributed by atoms with Gasteiger partial charge in [-0.1, -0.05) is 29.8 Å². The van der Waals surface area contributed by atoms with E-state index in [1.54, 1.807) is 0 Å². The zero-order valence-electron chi connectivity index (χ0n) is 8.72. The van der Waals surface area contributed by atoms with Gasteiger partial charge >= 0.3 is 0 Å². The molecule has 0 radical (unpaired) electrons. The van der Waals surface area contributed by atoms with Crippen LogP contribution in [0.4, 0.5) is 0 Å². The van der Waals surface area contributed by atoms with Gasteiger partial charge in [0.05, 0.1) is 0 Å². The van der Waals surface area contributed by atoms with Gasteiger partial charge in [0.1, 0.15) is 0 Å². The average molecular weight is 190 g/mol. The summed E-state index contributed by atoms with van der Waals surface area (Å²) in [5.74, 6) is 0. The van der Waals surface area contributed by atoms with E-state index in [2.05, 4.69) is 41.8 Å². The Morgan fingerprint density at radius 3 is 2.64 bits per heavy atom. The smallest absolute Gasteiger partial charge is 0.0332 e. The number of aryl methyl sites for hydroxylation is 1. The van der Waals surface area contributed by atoms with E-state index in [9.17, 15) is 0 Å². The van der Waals surface area contributed by atoms with Gasteiger partial charge in [0.2, 0.25) is 0 Å². The average Bonchev–Trinajstić information content (AvgIpc) is 2.47. The molecule has 2 nitrogen and oxygen atoms in total. The maximum Gasteiger partial charge on any atom is 0.0332 e. The molecular weight excluding hydrogens is 172 g/mol. The molecule has 2 N–H and O–H groups in total. The standard InChI is InChI=1S/C12H18N2/c1-10-2-4-11(5-3-10)12-6-7-13-8-9-14-12/h2-5,12-14H,6-9H2,1H3. The third kappa shape index (κ3) is 2.34. The van der Waals surface area contributed by atoms with E-state index in [1.165, 1.54) is 17.5 Å². The molecule has 0 spiro atoms. The Balaban J connectivity index is 2.08. The highest BCUT2D eigenvalue weighted by Crippen LogP contribution is 2.17. The lowest BCUT2D eigenvalue weighted by Crippen LogP contribution is -2.23. The molecule has 1 aromatic rings. The zero-order chi connectivity index (χ0) is 9.80. The molecule has 1 heterocycles. The predicted octanol–water partition coefficient (Wildman–Crippen LogP) is 1.62. The van der Waals surface area contributed by atoms with Crippen molar-refractivity contribution in [3.05, 3.63) is 35.4 Å². The van der Waals surface area contributed by atoms with E-state index in [4.69, 9.17) is 0 Å². The van der Waals surface area contributed by atoms with Crippen LogP contribution in [0.15, 0.2) is 24.3 Å². The summed E-state index contributed by atoms with van der Waals surface area (Å²) in [6.45, 7) is 5.40. The second-order valence-electron chi connectivity index (χ2n) is 3.96. The van der Waals surface area contributed by atoms with Crippen LogP contribution < -0.4 is 10.6 Å². The molecule has 1 unspecified atom stereocenters. The van der Waals surface area contributed by atoms with Crippen LogP contribution >= 0.6 is 0 Å². The van der Waals surface area contributed by atoms with Crippen molar-refractivity contribution < 1.29 is 0 Å². The van der Waals surface area contributed by atoms with E-state index >= 15 is 0 Å². The van der Waals surface area contributed by atoms with Gasteiger partial charge in [-0.15, -0.1) is 0 Å². The minimum atomic E-state index is 0.533. The Hall–Kier alpha value is -0.860. The normalized spacial score (nSPS) is 23.1. The van der Waals surface area contributed by atoms with E-state index in [0.717, 1.165) is 19.6 Å². The van der Waals surface area contributed by atoms with E-state index in [0.29, 0.717) is 6.04 Å². The maximum absolute atomic E-state index is 3.55. The third-order valence-electron chi connectivity index (χ3n) is 2.78. The summed E-state index contributed by atoms with van der Waals surface area (Å²) in [6, 6.07) is 9.38. The van der Waals surface area contributed by atoms with Gasteiger partial charge in [0.15, 0.2) is 0 Å². The van der Waals surface area contributed by atoms with Crippen molar-refractivity contribution in [2.75, 3.05) is 19.6 Å². The first kappa shape index (κ1) is 9.69. The fourth-order valence-corrected chi connectivity index (χ4v) is 1.89. The van der Waals surface area contributed by atoms with Gasteiger partial charge < -0.3 is 10.6 Å². The molecule has 0 bridgehead atoms. The van der Waals surface area contributed by atoms with Crippen molar-refractivity contribution in [3.63, 3.8) is 0 Å². The molecule has 0 aliphatic carbocycles. The van der Waals surface area contributed by atoms with Crippen molar-refractivity contribution in [1.82, 2.24) is 10.6 Å². The highest BCUT2D eigenvalue weighted by Gasteiger charge is 2.12. The van der Waals surface area contributed by atoms with Gasteiger partial charge in [0.25, 0.3) is 0 Å². The molecule has 1 aliphatic heterocycles. The number of rotatable bonds is 1. The van der Waals surface area contributed by atoms with Crippen LogP contribution in [-0.2, 0) is 0 Å². The van der Waals surface area contributed by atoms with Crippen molar-refractivity contribution in [1.29, 1.82) is 0 Å². The number of hydrogen-bond donors (Lipinski definition) is 2. The molecule has 76 valence electrons. The Morgan fingerprint density at radius 2 is 1.86 bits per heavy atom. The van der Waals surface area contributed by atoms with Crippen molar-refractivity contribution in [2.24, 2.45) is 0 Å². The van der Waals surface area contributed by atoms with Gasteiger partial charge in [-0.2, -0.15) is 0 Å². The van der Waals surface area contributed by atoms with Crippen LogP contribution in [0.3, 0.4) is 0 Å². The molecule has 1 saturated heterocycles. The molecular formula is C12H18N2. The van der Waals surface area contributed by atoms with Crippen LogP contribution in [0.5, 0.6) is 0 Å². The second kappa shape index (κ2) is 4.58. The highest BCUT2D eigenvalue weighted by atomic mass is 15.0. The molecule has 0 aromatic heterocycles. The minimum Gasteiger partial charge on any atom is -0.315 e. The highest BCUT2D eigenvalue weighted by molar-refractivity contribution is 5.24. The number of hydrogen-bond acceptors (Lipinski definition) is 2. The Kier molecular flexibility index (Phi) is 3.17. The van der Waals surface area contributed by atoms with Crippen LogP contribution in [0.25, 0.3) is 0 Å². The summed E-state index contributed by atoms with van der Waals surface area (Å²) >= 11 is 0. The summed E-state index contributed by atoms with van der Waals surface area (Å²) in [7, 11) is 0. The summed E-state index contributed by atoms with van der Waals surface area (Å²) in [5.41, 5.74) is 2.75. The maximum atomic E-state index is 3.55. The monoisotopic (exact) mass is 190 g/mol. The Bertz CT molecular complexity index is 271. The molecule has 2 heteroatoms. The first-order valence-corrected chi connectivity index (χ1v) is 5.37. The molecule has 14 heavy (non-hydrogen) atoms. The van der Waals surface area contributed by atoms with E-state index in [1.807, 2.05) is 0 Å². The zero-order valence-corrected chi connectivity index (χ0v) is 8.72. The Morgan fingerprint density at radius 1 is 1.07 bits per heavy atom. The number of nitrogens with one attached hydrogen (secondary N) is 2. The quantitative estimate of drug-likeness (QED) is 0.703. The minimum absolute atomic E-state index is 0.533. The van der Waals surface area contributed by atoms with Gasteiger partial charge in [-0.25, -0.2) is 0 Å². The van der Waals surface area contributed by atoms with E-state index in [-0.39, 0.29) is 0 Å². The molecule has 1 aromatic carbocycles.